The Bertz CT molecular complexity index is 514. The Labute approximate surface area is 106 Å². The van der Waals surface area contributed by atoms with Crippen molar-refractivity contribution in [2.45, 2.75) is 19.4 Å². The molecular weight excluding hydrogens is 228 g/mol. The quantitative estimate of drug-likeness (QED) is 0.885. The van der Waals surface area contributed by atoms with Gasteiger partial charge < -0.3 is 10.0 Å². The third kappa shape index (κ3) is 2.09. The fraction of sp³-hybridized carbons (Fsp3) is 0.385. The number of nitrogens with zero attached hydrogens (tertiary/aromatic N) is 4. The fourth-order valence-corrected chi connectivity index (χ4v) is 2.29. The predicted octanol–water partition coefficient (Wildman–Crippen LogP) is 1.36. The van der Waals surface area contributed by atoms with E-state index < -0.39 is 0 Å². The molecule has 5 nitrogen and oxygen atoms in total. The highest BCUT2D eigenvalue weighted by molar-refractivity contribution is 5.51. The molecule has 1 aliphatic heterocycles. The first-order valence-corrected chi connectivity index (χ1v) is 6.24. The van der Waals surface area contributed by atoms with Crippen LogP contribution in [0.5, 0.6) is 0 Å². The van der Waals surface area contributed by atoms with Gasteiger partial charge >= 0.3 is 0 Å². The van der Waals surface area contributed by atoms with Crippen LogP contribution in [0.4, 0.5) is 5.69 Å². The molecule has 0 bridgehead atoms. The lowest BCUT2D eigenvalue weighted by Crippen LogP contribution is -2.17. The smallest absolute Gasteiger partial charge is 0.109 e. The van der Waals surface area contributed by atoms with E-state index in [4.69, 9.17) is 5.11 Å². The molecular formula is C13H16N4O. The van der Waals surface area contributed by atoms with E-state index in [1.54, 1.807) is 10.9 Å². The summed E-state index contributed by atoms with van der Waals surface area (Å²) in [6, 6.07) is 8.29. The maximum Gasteiger partial charge on any atom is 0.109 e. The van der Waals surface area contributed by atoms with Crippen LogP contribution >= 0.6 is 0 Å². The molecule has 1 aliphatic rings. The second-order valence-electron chi connectivity index (χ2n) is 4.52. The number of hydrogen-bond donors (Lipinski definition) is 1. The van der Waals surface area contributed by atoms with Crippen molar-refractivity contribution in [1.29, 1.82) is 0 Å². The zero-order valence-corrected chi connectivity index (χ0v) is 10.2. The summed E-state index contributed by atoms with van der Waals surface area (Å²) >= 11 is 0. The molecule has 1 aromatic carbocycles. The van der Waals surface area contributed by atoms with Crippen molar-refractivity contribution in [2.24, 2.45) is 0 Å². The second kappa shape index (κ2) is 4.78. The number of aromatic nitrogens is 3. The summed E-state index contributed by atoms with van der Waals surface area (Å²) in [4.78, 5) is 2.39. The van der Waals surface area contributed by atoms with Crippen LogP contribution in [-0.2, 0) is 6.61 Å². The number of rotatable bonds is 3. The highest BCUT2D eigenvalue weighted by atomic mass is 16.3. The molecule has 1 fully saturated rings. The minimum absolute atomic E-state index is 0.0775. The Kier molecular flexibility index (Phi) is 2.98. The van der Waals surface area contributed by atoms with Crippen molar-refractivity contribution >= 4 is 5.69 Å². The Morgan fingerprint density at radius 2 is 1.72 bits per heavy atom. The SMILES string of the molecule is OCc1cn(-c2ccc(N3CCCC3)cc2)nn1. The van der Waals surface area contributed by atoms with Crippen molar-refractivity contribution in [2.75, 3.05) is 18.0 Å². The maximum atomic E-state index is 8.96. The number of aliphatic hydroxyl groups is 1. The van der Waals surface area contributed by atoms with Crippen LogP contribution in [0.3, 0.4) is 0 Å². The van der Waals surface area contributed by atoms with Gasteiger partial charge in [-0.15, -0.1) is 5.10 Å². The highest BCUT2D eigenvalue weighted by Gasteiger charge is 2.12. The summed E-state index contributed by atoms with van der Waals surface area (Å²) in [5, 5.41) is 16.8. The van der Waals surface area contributed by atoms with E-state index in [1.807, 2.05) is 12.1 Å². The summed E-state index contributed by atoms with van der Waals surface area (Å²) in [5.74, 6) is 0. The lowest BCUT2D eigenvalue weighted by atomic mass is 10.2. The van der Waals surface area contributed by atoms with E-state index in [-0.39, 0.29) is 6.61 Å². The summed E-state index contributed by atoms with van der Waals surface area (Å²) in [7, 11) is 0. The summed E-state index contributed by atoms with van der Waals surface area (Å²) < 4.78 is 1.68. The topological polar surface area (TPSA) is 54.2 Å². The Hall–Kier alpha value is -1.88. The van der Waals surface area contributed by atoms with Crippen molar-refractivity contribution in [1.82, 2.24) is 15.0 Å². The van der Waals surface area contributed by atoms with Gasteiger partial charge in [-0.2, -0.15) is 0 Å². The first-order valence-electron chi connectivity index (χ1n) is 6.24. The molecule has 0 unspecified atom stereocenters. The van der Waals surface area contributed by atoms with Crippen LogP contribution < -0.4 is 4.90 Å². The van der Waals surface area contributed by atoms with Crippen LogP contribution in [-0.4, -0.2) is 33.2 Å². The van der Waals surface area contributed by atoms with Gasteiger partial charge in [0.25, 0.3) is 0 Å². The molecule has 2 heterocycles. The van der Waals surface area contributed by atoms with Gasteiger partial charge in [-0.3, -0.25) is 0 Å². The fourth-order valence-electron chi connectivity index (χ4n) is 2.29. The molecule has 0 spiro atoms. The molecule has 0 amide bonds. The monoisotopic (exact) mass is 244 g/mol. The van der Waals surface area contributed by atoms with E-state index in [9.17, 15) is 0 Å². The molecule has 0 atom stereocenters. The molecule has 1 N–H and O–H groups in total. The number of hydrogen-bond acceptors (Lipinski definition) is 4. The minimum atomic E-state index is -0.0775. The molecule has 1 saturated heterocycles. The minimum Gasteiger partial charge on any atom is -0.390 e. The van der Waals surface area contributed by atoms with E-state index in [1.165, 1.54) is 18.5 Å². The average molecular weight is 244 g/mol. The van der Waals surface area contributed by atoms with Gasteiger partial charge in [0, 0.05) is 18.8 Å². The van der Waals surface area contributed by atoms with E-state index in [0.717, 1.165) is 18.8 Å². The molecule has 94 valence electrons. The highest BCUT2D eigenvalue weighted by Crippen LogP contribution is 2.21. The van der Waals surface area contributed by atoms with E-state index in [0.29, 0.717) is 5.69 Å². The molecule has 18 heavy (non-hydrogen) atoms. The normalized spacial score (nSPS) is 15.3. The van der Waals surface area contributed by atoms with Crippen LogP contribution in [0.25, 0.3) is 5.69 Å². The summed E-state index contributed by atoms with van der Waals surface area (Å²) in [6.45, 7) is 2.22. The zero-order valence-electron chi connectivity index (χ0n) is 10.2. The first-order chi connectivity index (χ1) is 8.86. The van der Waals surface area contributed by atoms with Crippen LogP contribution in [0, 0.1) is 0 Å². The maximum absolute atomic E-state index is 8.96. The van der Waals surface area contributed by atoms with Crippen LogP contribution in [0.1, 0.15) is 18.5 Å². The lowest BCUT2D eigenvalue weighted by Gasteiger charge is -2.17. The molecule has 0 aliphatic carbocycles. The molecule has 1 aromatic heterocycles. The Morgan fingerprint density at radius 3 is 2.33 bits per heavy atom. The zero-order chi connectivity index (χ0) is 12.4. The Balaban J connectivity index is 1.81. The average Bonchev–Trinajstić information content (AvgIpc) is 3.10. The van der Waals surface area contributed by atoms with Crippen molar-refractivity contribution in [3.8, 4) is 5.69 Å². The van der Waals surface area contributed by atoms with E-state index in [2.05, 4.69) is 27.3 Å². The van der Waals surface area contributed by atoms with Gasteiger partial charge in [0.05, 0.1) is 18.5 Å². The standard InChI is InChI=1S/C13H16N4O/c18-10-11-9-17(15-14-11)13-5-3-12(4-6-13)16-7-1-2-8-16/h3-6,9,18H,1-2,7-8,10H2. The third-order valence-electron chi connectivity index (χ3n) is 3.29. The summed E-state index contributed by atoms with van der Waals surface area (Å²) in [5.41, 5.74) is 2.81. The first kappa shape index (κ1) is 11.2. The van der Waals surface area contributed by atoms with Crippen molar-refractivity contribution in [3.05, 3.63) is 36.2 Å². The molecule has 3 rings (SSSR count). The van der Waals surface area contributed by atoms with Gasteiger partial charge in [-0.25, -0.2) is 4.68 Å². The summed E-state index contributed by atoms with van der Waals surface area (Å²) in [6.07, 6.45) is 4.31. The molecule has 0 saturated carbocycles. The van der Waals surface area contributed by atoms with Crippen LogP contribution in [0.15, 0.2) is 30.5 Å². The molecule has 0 radical (unpaired) electrons. The lowest BCUT2D eigenvalue weighted by molar-refractivity contribution is 0.276. The number of anilines is 1. The van der Waals surface area contributed by atoms with E-state index >= 15 is 0 Å². The number of aliphatic hydroxyl groups excluding tert-OH is 1. The van der Waals surface area contributed by atoms with Gasteiger partial charge in [-0.05, 0) is 37.1 Å². The largest absolute Gasteiger partial charge is 0.390 e. The number of benzene rings is 1. The van der Waals surface area contributed by atoms with Gasteiger partial charge in [0.15, 0.2) is 0 Å². The van der Waals surface area contributed by atoms with Crippen LogP contribution in [0.2, 0.25) is 0 Å². The molecule has 2 aromatic rings. The predicted molar refractivity (Wildman–Crippen MR) is 68.7 cm³/mol. The van der Waals surface area contributed by atoms with Gasteiger partial charge in [0.2, 0.25) is 0 Å². The van der Waals surface area contributed by atoms with Crippen molar-refractivity contribution in [3.63, 3.8) is 0 Å². The second-order valence-corrected chi connectivity index (χ2v) is 4.52. The molecule has 5 heteroatoms. The van der Waals surface area contributed by atoms with Gasteiger partial charge in [0.1, 0.15) is 5.69 Å². The third-order valence-corrected chi connectivity index (χ3v) is 3.29. The van der Waals surface area contributed by atoms with Gasteiger partial charge in [-0.1, -0.05) is 5.21 Å². The van der Waals surface area contributed by atoms with Crippen molar-refractivity contribution < 1.29 is 5.11 Å². The Morgan fingerprint density at radius 1 is 1.06 bits per heavy atom.